The molecule has 3 aromatic rings. The number of rotatable bonds is 5. The molecule has 0 saturated carbocycles. The first kappa shape index (κ1) is 21.4. The van der Waals surface area contributed by atoms with E-state index in [2.05, 4.69) is 45.4 Å². The van der Waals surface area contributed by atoms with E-state index >= 15 is 0 Å². The van der Waals surface area contributed by atoms with Gasteiger partial charge in [-0.15, -0.1) is 31.7 Å². The van der Waals surface area contributed by atoms with Crippen LogP contribution >= 0.6 is 22.9 Å². The van der Waals surface area contributed by atoms with E-state index in [0.29, 0.717) is 23.2 Å². The van der Waals surface area contributed by atoms with Crippen LogP contribution in [-0.2, 0) is 6.42 Å². The molecule has 4 heterocycles. The SMILES string of the molecule is C=C(/C=C\C(Cl)=C/C)C1=N[C@@H](Cc2nnc(C)o2)c2nnc(C)n2-c2sc(C)c(C)c21. The van der Waals surface area contributed by atoms with Crippen LogP contribution in [0.1, 0.15) is 52.4 Å². The van der Waals surface area contributed by atoms with Gasteiger partial charge in [-0.3, -0.25) is 9.56 Å². The highest BCUT2D eigenvalue weighted by molar-refractivity contribution is 7.15. The smallest absolute Gasteiger partial charge is 0.219 e. The highest BCUT2D eigenvalue weighted by Gasteiger charge is 2.32. The summed E-state index contributed by atoms with van der Waals surface area (Å²) in [5, 5.41) is 18.6. The number of aliphatic imine (C=N–C) groups is 1. The summed E-state index contributed by atoms with van der Waals surface area (Å²) in [5.41, 5.74) is 3.78. The number of aromatic nitrogens is 5. The second-order valence-electron chi connectivity index (χ2n) is 7.35. The van der Waals surface area contributed by atoms with E-state index in [9.17, 15) is 0 Å². The third-order valence-electron chi connectivity index (χ3n) is 5.20. The molecule has 0 fully saturated rings. The summed E-state index contributed by atoms with van der Waals surface area (Å²) in [4.78, 5) is 6.33. The van der Waals surface area contributed by atoms with Gasteiger partial charge in [0.25, 0.3) is 0 Å². The summed E-state index contributed by atoms with van der Waals surface area (Å²) in [5.74, 6) is 2.58. The molecule has 0 unspecified atom stereocenters. The molecule has 0 aromatic carbocycles. The minimum absolute atomic E-state index is 0.349. The lowest BCUT2D eigenvalue weighted by molar-refractivity contribution is 0.447. The molecule has 0 aliphatic carbocycles. The molecule has 3 aromatic heterocycles. The van der Waals surface area contributed by atoms with Crippen LogP contribution < -0.4 is 0 Å². The van der Waals surface area contributed by atoms with Crippen molar-refractivity contribution >= 4 is 28.6 Å². The maximum Gasteiger partial charge on any atom is 0.219 e. The molecule has 0 N–H and O–H groups in total. The van der Waals surface area contributed by atoms with Crippen LogP contribution in [0, 0.1) is 27.7 Å². The minimum Gasteiger partial charge on any atom is -0.426 e. The molecule has 9 heteroatoms. The normalized spacial score (nSPS) is 16.3. The number of thiophene rings is 1. The quantitative estimate of drug-likeness (QED) is 0.489. The Labute approximate surface area is 189 Å². The Balaban J connectivity index is 1.91. The molecule has 0 saturated heterocycles. The summed E-state index contributed by atoms with van der Waals surface area (Å²) in [6.07, 6.45) is 5.97. The Morgan fingerprint density at radius 3 is 2.61 bits per heavy atom. The van der Waals surface area contributed by atoms with Crippen LogP contribution in [0.4, 0.5) is 0 Å². The number of aryl methyl sites for hydroxylation is 3. The molecule has 31 heavy (non-hydrogen) atoms. The molecule has 1 aliphatic rings. The number of allylic oxidation sites excluding steroid dienone is 5. The average molecular weight is 455 g/mol. The first-order valence-corrected chi connectivity index (χ1v) is 11.1. The van der Waals surface area contributed by atoms with Crippen molar-refractivity contribution in [1.29, 1.82) is 0 Å². The third-order valence-corrected chi connectivity index (χ3v) is 6.74. The Hall–Kier alpha value is -2.84. The van der Waals surface area contributed by atoms with E-state index < -0.39 is 0 Å². The Bertz CT molecular complexity index is 1260. The van der Waals surface area contributed by atoms with Crippen molar-refractivity contribution in [1.82, 2.24) is 25.0 Å². The van der Waals surface area contributed by atoms with Crippen molar-refractivity contribution in [2.24, 2.45) is 4.99 Å². The molecule has 0 radical (unpaired) electrons. The van der Waals surface area contributed by atoms with Crippen LogP contribution in [0.3, 0.4) is 0 Å². The van der Waals surface area contributed by atoms with Crippen LogP contribution in [0.25, 0.3) is 5.00 Å². The Morgan fingerprint density at radius 2 is 1.94 bits per heavy atom. The monoisotopic (exact) mass is 454 g/mol. The van der Waals surface area contributed by atoms with E-state index in [1.165, 1.54) is 10.4 Å². The molecule has 7 nitrogen and oxygen atoms in total. The van der Waals surface area contributed by atoms with Gasteiger partial charge in [-0.25, -0.2) is 0 Å². The number of hydrogen-bond donors (Lipinski definition) is 0. The summed E-state index contributed by atoms with van der Waals surface area (Å²) in [6.45, 7) is 14.1. The molecule has 1 atom stereocenters. The van der Waals surface area contributed by atoms with Gasteiger partial charge in [0.05, 0.1) is 12.1 Å². The lowest BCUT2D eigenvalue weighted by Gasteiger charge is -2.11. The van der Waals surface area contributed by atoms with Crippen LogP contribution in [0.15, 0.2) is 44.8 Å². The predicted octanol–water partition coefficient (Wildman–Crippen LogP) is 5.29. The third kappa shape index (κ3) is 3.93. The second-order valence-corrected chi connectivity index (χ2v) is 8.99. The predicted molar refractivity (Wildman–Crippen MR) is 123 cm³/mol. The molecule has 160 valence electrons. The first-order chi connectivity index (χ1) is 14.8. The van der Waals surface area contributed by atoms with Gasteiger partial charge in [0.2, 0.25) is 11.8 Å². The first-order valence-electron chi connectivity index (χ1n) is 9.88. The van der Waals surface area contributed by atoms with Gasteiger partial charge in [-0.05, 0) is 44.9 Å². The maximum absolute atomic E-state index is 6.18. The Kier molecular flexibility index (Phi) is 5.77. The van der Waals surface area contributed by atoms with Gasteiger partial charge in [-0.1, -0.05) is 30.3 Å². The van der Waals surface area contributed by atoms with Crippen molar-refractivity contribution in [2.45, 2.75) is 47.1 Å². The standard InChI is InChI=1S/C22H23ClN6OS/c1-7-16(23)9-8-11(2)20-19-12(3)13(4)31-22(19)29-14(5)25-28-21(29)17(24-20)10-18-27-26-15(6)30-18/h7-9,17H,2,10H2,1,3-6H3/b9-8-,16-7+/t17-/m0/s1. The van der Waals surface area contributed by atoms with Crippen LogP contribution in [0.5, 0.6) is 0 Å². The number of nitrogens with zero attached hydrogens (tertiary/aromatic N) is 6. The van der Waals surface area contributed by atoms with Gasteiger partial charge < -0.3 is 4.42 Å². The lowest BCUT2D eigenvalue weighted by atomic mass is 10.00. The van der Waals surface area contributed by atoms with Crippen molar-refractivity contribution in [2.75, 3.05) is 0 Å². The van der Waals surface area contributed by atoms with E-state index in [-0.39, 0.29) is 6.04 Å². The maximum atomic E-state index is 6.18. The number of halogens is 1. The number of hydrogen-bond acceptors (Lipinski definition) is 7. The highest BCUT2D eigenvalue weighted by atomic mass is 35.5. The van der Waals surface area contributed by atoms with Crippen LogP contribution in [-0.4, -0.2) is 30.7 Å². The van der Waals surface area contributed by atoms with Gasteiger partial charge in [-0.2, -0.15) is 0 Å². The van der Waals surface area contributed by atoms with Gasteiger partial charge >= 0.3 is 0 Å². The number of fused-ring (bicyclic) bond motifs is 3. The lowest BCUT2D eigenvalue weighted by Crippen LogP contribution is -2.09. The van der Waals surface area contributed by atoms with Crippen LogP contribution in [0.2, 0.25) is 0 Å². The van der Waals surface area contributed by atoms with E-state index in [4.69, 9.17) is 21.0 Å². The highest BCUT2D eigenvalue weighted by Crippen LogP contribution is 2.39. The van der Waals surface area contributed by atoms with Gasteiger partial charge in [0.1, 0.15) is 16.9 Å². The zero-order valence-electron chi connectivity index (χ0n) is 18.1. The topological polar surface area (TPSA) is 82.0 Å². The van der Waals surface area contributed by atoms with E-state index in [0.717, 1.165) is 33.5 Å². The van der Waals surface area contributed by atoms with E-state index in [1.54, 1.807) is 18.3 Å². The van der Waals surface area contributed by atoms with Crippen molar-refractivity contribution in [3.05, 3.63) is 74.8 Å². The average Bonchev–Trinajstić information content (AvgIpc) is 3.38. The second kappa shape index (κ2) is 8.36. The summed E-state index contributed by atoms with van der Waals surface area (Å²) >= 11 is 7.88. The van der Waals surface area contributed by atoms with Crippen molar-refractivity contribution in [3.8, 4) is 5.00 Å². The molecule has 0 bridgehead atoms. The molecule has 1 aliphatic heterocycles. The molecule has 4 rings (SSSR count). The molecule has 0 spiro atoms. The van der Waals surface area contributed by atoms with Crippen molar-refractivity contribution in [3.63, 3.8) is 0 Å². The fourth-order valence-corrected chi connectivity index (χ4v) is 4.77. The van der Waals surface area contributed by atoms with E-state index in [1.807, 2.05) is 32.1 Å². The minimum atomic E-state index is -0.349. The zero-order valence-corrected chi connectivity index (χ0v) is 19.7. The summed E-state index contributed by atoms with van der Waals surface area (Å²) < 4.78 is 7.72. The van der Waals surface area contributed by atoms with Crippen molar-refractivity contribution < 1.29 is 4.42 Å². The van der Waals surface area contributed by atoms with Gasteiger partial charge in [0.15, 0.2) is 5.82 Å². The van der Waals surface area contributed by atoms with Gasteiger partial charge in [0, 0.05) is 22.4 Å². The fraction of sp³-hybridized carbons (Fsp3) is 0.318. The largest absolute Gasteiger partial charge is 0.426 e. The molecular weight excluding hydrogens is 432 g/mol. The summed E-state index contributed by atoms with van der Waals surface area (Å²) in [6, 6.07) is -0.349. The Morgan fingerprint density at radius 1 is 1.16 bits per heavy atom. The molecule has 0 amide bonds. The zero-order chi connectivity index (χ0) is 22.3. The summed E-state index contributed by atoms with van der Waals surface area (Å²) in [7, 11) is 0. The fourth-order valence-electron chi connectivity index (χ4n) is 3.49. The molecular formula is C22H23ClN6OS.